The van der Waals surface area contributed by atoms with Crippen LogP contribution < -0.4 is 10.0 Å². The Morgan fingerprint density at radius 1 is 1.31 bits per heavy atom. The maximum absolute atomic E-state index is 13.0. The van der Waals surface area contributed by atoms with Crippen molar-refractivity contribution in [2.45, 2.75) is 17.9 Å². The molecule has 138 valence electrons. The van der Waals surface area contributed by atoms with Crippen LogP contribution in [0.2, 0.25) is 0 Å². The molecule has 1 atom stereocenters. The van der Waals surface area contributed by atoms with Gasteiger partial charge in [-0.2, -0.15) is 0 Å². The molecule has 0 saturated carbocycles. The van der Waals surface area contributed by atoms with Crippen molar-refractivity contribution in [3.8, 4) is 0 Å². The average molecular weight is 374 g/mol. The standard InChI is InChI=1S/C18H22N4O3S/c1-2-21-26(24,25)16-7-5-14(6-8-16)18(23)22-11-10-20-13-17(22)15-4-3-9-19-12-15/h3-9,12,17,20-21H,2,10-11,13H2,1H3. The minimum absolute atomic E-state index is 0.102. The first-order valence-electron chi connectivity index (χ1n) is 8.54. The molecule has 26 heavy (non-hydrogen) atoms. The molecule has 7 nitrogen and oxygen atoms in total. The normalized spacial score (nSPS) is 17.9. The number of hydrogen-bond donors (Lipinski definition) is 2. The second-order valence-electron chi connectivity index (χ2n) is 6.03. The van der Waals surface area contributed by atoms with E-state index in [0.717, 1.165) is 12.1 Å². The molecule has 1 aromatic heterocycles. The molecule has 0 bridgehead atoms. The SMILES string of the molecule is CCNS(=O)(=O)c1ccc(C(=O)N2CCNCC2c2cccnc2)cc1. The van der Waals surface area contributed by atoms with Crippen LogP contribution in [0, 0.1) is 0 Å². The summed E-state index contributed by atoms with van der Waals surface area (Å²) >= 11 is 0. The zero-order valence-electron chi connectivity index (χ0n) is 14.6. The predicted molar refractivity (Wildman–Crippen MR) is 98.2 cm³/mol. The van der Waals surface area contributed by atoms with E-state index >= 15 is 0 Å². The Morgan fingerprint density at radius 2 is 2.08 bits per heavy atom. The number of rotatable bonds is 5. The van der Waals surface area contributed by atoms with Crippen molar-refractivity contribution in [3.05, 3.63) is 59.9 Å². The van der Waals surface area contributed by atoms with E-state index in [4.69, 9.17) is 0 Å². The minimum atomic E-state index is -3.52. The number of amides is 1. The number of sulfonamides is 1. The Labute approximate surface area is 153 Å². The Kier molecular flexibility index (Phi) is 5.65. The molecular formula is C18H22N4O3S. The van der Waals surface area contributed by atoms with Gasteiger partial charge in [-0.05, 0) is 35.9 Å². The molecule has 1 unspecified atom stereocenters. The highest BCUT2D eigenvalue weighted by molar-refractivity contribution is 7.89. The smallest absolute Gasteiger partial charge is 0.254 e. The van der Waals surface area contributed by atoms with Crippen LogP contribution in [-0.2, 0) is 10.0 Å². The lowest BCUT2D eigenvalue weighted by Gasteiger charge is -2.36. The number of nitrogens with one attached hydrogen (secondary N) is 2. The number of nitrogens with zero attached hydrogens (tertiary/aromatic N) is 2. The number of benzene rings is 1. The van der Waals surface area contributed by atoms with Crippen LogP contribution in [0.25, 0.3) is 0 Å². The summed E-state index contributed by atoms with van der Waals surface area (Å²) in [5.41, 5.74) is 1.44. The van der Waals surface area contributed by atoms with Crippen molar-refractivity contribution in [3.63, 3.8) is 0 Å². The van der Waals surface area contributed by atoms with Gasteiger partial charge in [-0.1, -0.05) is 13.0 Å². The van der Waals surface area contributed by atoms with E-state index < -0.39 is 10.0 Å². The molecule has 1 saturated heterocycles. The molecule has 1 fully saturated rings. The molecular weight excluding hydrogens is 352 g/mol. The third-order valence-corrected chi connectivity index (χ3v) is 5.88. The first kappa shape index (κ1) is 18.5. The highest BCUT2D eigenvalue weighted by Gasteiger charge is 2.29. The largest absolute Gasteiger partial charge is 0.329 e. The molecule has 8 heteroatoms. The van der Waals surface area contributed by atoms with Gasteiger partial charge in [0.15, 0.2) is 0 Å². The molecule has 3 rings (SSSR count). The zero-order chi connectivity index (χ0) is 18.6. The molecule has 2 N–H and O–H groups in total. The van der Waals surface area contributed by atoms with Crippen LogP contribution in [0.5, 0.6) is 0 Å². The van der Waals surface area contributed by atoms with Gasteiger partial charge in [-0.3, -0.25) is 9.78 Å². The van der Waals surface area contributed by atoms with Gasteiger partial charge in [-0.25, -0.2) is 13.1 Å². The molecule has 1 aliphatic rings. The third kappa shape index (κ3) is 3.92. The second-order valence-corrected chi connectivity index (χ2v) is 7.80. The summed E-state index contributed by atoms with van der Waals surface area (Å²) in [5.74, 6) is -0.118. The lowest BCUT2D eigenvalue weighted by Crippen LogP contribution is -2.48. The van der Waals surface area contributed by atoms with Crippen LogP contribution in [0.15, 0.2) is 53.7 Å². The van der Waals surface area contributed by atoms with Gasteiger partial charge in [0.2, 0.25) is 10.0 Å². The number of piperazine rings is 1. The van der Waals surface area contributed by atoms with Crippen LogP contribution >= 0.6 is 0 Å². The van der Waals surface area contributed by atoms with E-state index in [1.54, 1.807) is 36.4 Å². The number of carbonyl (C=O) groups is 1. The quantitative estimate of drug-likeness (QED) is 0.820. The number of pyridine rings is 1. The Morgan fingerprint density at radius 3 is 2.73 bits per heavy atom. The Bertz CT molecular complexity index is 854. The highest BCUT2D eigenvalue weighted by Crippen LogP contribution is 2.24. The van der Waals surface area contributed by atoms with Crippen molar-refractivity contribution in [1.29, 1.82) is 0 Å². The minimum Gasteiger partial charge on any atom is -0.329 e. The van der Waals surface area contributed by atoms with Crippen molar-refractivity contribution in [1.82, 2.24) is 19.9 Å². The highest BCUT2D eigenvalue weighted by atomic mass is 32.2. The van der Waals surface area contributed by atoms with Gasteiger partial charge in [0.05, 0.1) is 10.9 Å². The van der Waals surface area contributed by atoms with Crippen molar-refractivity contribution < 1.29 is 13.2 Å². The molecule has 2 heterocycles. The summed E-state index contributed by atoms with van der Waals surface area (Å²) in [7, 11) is -3.52. The van der Waals surface area contributed by atoms with Crippen molar-refractivity contribution in [2.24, 2.45) is 0 Å². The summed E-state index contributed by atoms with van der Waals surface area (Å²) in [6.45, 7) is 3.99. The van der Waals surface area contributed by atoms with E-state index in [2.05, 4.69) is 15.0 Å². The number of aromatic nitrogens is 1. The summed E-state index contributed by atoms with van der Waals surface area (Å²) in [5, 5.41) is 3.30. The molecule has 1 amide bonds. The molecule has 1 aliphatic heterocycles. The summed E-state index contributed by atoms with van der Waals surface area (Å²) in [6.07, 6.45) is 3.47. The fraction of sp³-hybridized carbons (Fsp3) is 0.333. The van der Waals surface area contributed by atoms with Gasteiger partial charge in [0, 0.05) is 44.1 Å². The predicted octanol–water partition coefficient (Wildman–Crippen LogP) is 1.17. The maximum atomic E-state index is 13.0. The fourth-order valence-corrected chi connectivity index (χ4v) is 4.08. The van der Waals surface area contributed by atoms with E-state index in [0.29, 0.717) is 25.2 Å². The first-order valence-corrected chi connectivity index (χ1v) is 10.0. The van der Waals surface area contributed by atoms with Crippen LogP contribution in [0.1, 0.15) is 28.9 Å². The molecule has 2 aromatic rings. The van der Waals surface area contributed by atoms with Gasteiger partial charge < -0.3 is 10.2 Å². The van der Waals surface area contributed by atoms with Crippen molar-refractivity contribution >= 4 is 15.9 Å². The van der Waals surface area contributed by atoms with Gasteiger partial charge >= 0.3 is 0 Å². The lowest BCUT2D eigenvalue weighted by atomic mass is 10.0. The van der Waals surface area contributed by atoms with E-state index in [1.165, 1.54) is 12.1 Å². The van der Waals surface area contributed by atoms with E-state index in [-0.39, 0.29) is 16.8 Å². The summed E-state index contributed by atoms with van der Waals surface area (Å²) < 4.78 is 26.5. The monoisotopic (exact) mass is 374 g/mol. The third-order valence-electron chi connectivity index (χ3n) is 4.32. The van der Waals surface area contributed by atoms with Gasteiger partial charge in [0.25, 0.3) is 5.91 Å². The second kappa shape index (κ2) is 7.94. The fourth-order valence-electron chi connectivity index (χ4n) is 3.03. The topological polar surface area (TPSA) is 91.4 Å². The Balaban J connectivity index is 1.83. The molecule has 0 aliphatic carbocycles. The summed E-state index contributed by atoms with van der Waals surface area (Å²) in [4.78, 5) is 19.1. The maximum Gasteiger partial charge on any atom is 0.254 e. The molecule has 0 spiro atoms. The molecule has 0 radical (unpaired) electrons. The molecule has 1 aromatic carbocycles. The first-order chi connectivity index (χ1) is 12.5. The van der Waals surface area contributed by atoms with Crippen LogP contribution in [-0.4, -0.2) is 50.4 Å². The van der Waals surface area contributed by atoms with E-state index in [1.807, 2.05) is 12.1 Å². The van der Waals surface area contributed by atoms with Crippen LogP contribution in [0.3, 0.4) is 0 Å². The summed E-state index contributed by atoms with van der Waals surface area (Å²) in [6, 6.07) is 9.77. The number of hydrogen-bond acceptors (Lipinski definition) is 5. The van der Waals surface area contributed by atoms with Gasteiger partial charge in [-0.15, -0.1) is 0 Å². The lowest BCUT2D eigenvalue weighted by molar-refractivity contribution is 0.0634. The average Bonchev–Trinajstić information content (AvgIpc) is 2.68. The zero-order valence-corrected chi connectivity index (χ0v) is 15.4. The van der Waals surface area contributed by atoms with E-state index in [9.17, 15) is 13.2 Å². The van der Waals surface area contributed by atoms with Crippen molar-refractivity contribution in [2.75, 3.05) is 26.2 Å². The van der Waals surface area contributed by atoms with Gasteiger partial charge in [0.1, 0.15) is 0 Å². The Hall–Kier alpha value is -2.29. The van der Waals surface area contributed by atoms with Crippen LogP contribution in [0.4, 0.5) is 0 Å². The number of carbonyl (C=O) groups excluding carboxylic acids is 1.